The zero-order valence-electron chi connectivity index (χ0n) is 12.8. The van der Waals surface area contributed by atoms with E-state index in [1.807, 2.05) is 6.92 Å². The van der Waals surface area contributed by atoms with Gasteiger partial charge in [-0.2, -0.15) is 4.31 Å². The normalized spacial score (nSPS) is 17.5. The summed E-state index contributed by atoms with van der Waals surface area (Å²) in [6.45, 7) is 5.20. The second-order valence-corrected chi connectivity index (χ2v) is 7.05. The topological polar surface area (TPSA) is 90.3 Å². The minimum atomic E-state index is -3.65. The van der Waals surface area contributed by atoms with Crippen LogP contribution in [0.1, 0.15) is 6.92 Å². The predicted molar refractivity (Wildman–Crippen MR) is 83.7 cm³/mol. The van der Waals surface area contributed by atoms with Crippen LogP contribution in [0.5, 0.6) is 5.75 Å². The third-order valence-corrected chi connectivity index (χ3v) is 5.79. The zero-order valence-corrected chi connectivity index (χ0v) is 13.6. The van der Waals surface area contributed by atoms with Crippen LogP contribution in [0.15, 0.2) is 23.1 Å². The van der Waals surface area contributed by atoms with E-state index >= 15 is 0 Å². The molecule has 9 heteroatoms. The van der Waals surface area contributed by atoms with E-state index in [9.17, 15) is 18.5 Å². The first-order valence-electron chi connectivity index (χ1n) is 7.16. The van der Waals surface area contributed by atoms with Crippen LogP contribution >= 0.6 is 0 Å². The highest BCUT2D eigenvalue weighted by Crippen LogP contribution is 2.19. The number of methoxy groups -OCH3 is 1. The van der Waals surface area contributed by atoms with Crippen LogP contribution in [0.3, 0.4) is 0 Å². The van der Waals surface area contributed by atoms with Crippen LogP contribution < -0.4 is 10.2 Å². The molecule has 0 aliphatic carbocycles. The van der Waals surface area contributed by atoms with Crippen molar-refractivity contribution in [2.75, 3.05) is 39.8 Å². The van der Waals surface area contributed by atoms with E-state index in [4.69, 9.17) is 4.74 Å². The molecule has 0 unspecified atom stereocenters. The molecular formula is C13H21BN2O5S. The number of hydrogen-bond acceptors (Lipinski definition) is 6. The van der Waals surface area contributed by atoms with Gasteiger partial charge in [-0.3, -0.25) is 0 Å². The van der Waals surface area contributed by atoms with Crippen LogP contribution in [0.4, 0.5) is 0 Å². The molecule has 1 fully saturated rings. The summed E-state index contributed by atoms with van der Waals surface area (Å²) >= 11 is 0. The Kier molecular flexibility index (Phi) is 5.46. The first-order chi connectivity index (χ1) is 10.4. The summed E-state index contributed by atoms with van der Waals surface area (Å²) < 4.78 is 31.8. The van der Waals surface area contributed by atoms with Gasteiger partial charge in [0.15, 0.2) is 0 Å². The van der Waals surface area contributed by atoms with E-state index in [0.29, 0.717) is 26.2 Å². The maximum atomic E-state index is 12.7. The maximum Gasteiger partial charge on any atom is 0.492 e. The van der Waals surface area contributed by atoms with Gasteiger partial charge in [0.05, 0.1) is 12.0 Å². The van der Waals surface area contributed by atoms with Gasteiger partial charge in [0.1, 0.15) is 5.75 Å². The van der Waals surface area contributed by atoms with Crippen LogP contribution in [-0.2, 0) is 10.0 Å². The van der Waals surface area contributed by atoms with Crippen molar-refractivity contribution in [1.29, 1.82) is 0 Å². The van der Waals surface area contributed by atoms with Crippen LogP contribution in [0, 0.1) is 0 Å². The molecule has 22 heavy (non-hydrogen) atoms. The van der Waals surface area contributed by atoms with Crippen molar-refractivity contribution in [3.05, 3.63) is 18.2 Å². The summed E-state index contributed by atoms with van der Waals surface area (Å²) in [7, 11) is -4.05. The quantitative estimate of drug-likeness (QED) is 0.653. The van der Waals surface area contributed by atoms with Crippen LogP contribution in [-0.4, -0.2) is 74.6 Å². The van der Waals surface area contributed by atoms with Gasteiger partial charge in [-0.1, -0.05) is 6.92 Å². The van der Waals surface area contributed by atoms with Crippen molar-refractivity contribution in [2.24, 2.45) is 0 Å². The molecular weight excluding hydrogens is 307 g/mol. The molecule has 1 aliphatic heterocycles. The van der Waals surface area contributed by atoms with Crippen molar-refractivity contribution < 1.29 is 23.2 Å². The predicted octanol–water partition coefficient (Wildman–Crippen LogP) is -1.30. The molecule has 7 nitrogen and oxygen atoms in total. The average Bonchev–Trinajstić information content (AvgIpc) is 2.54. The van der Waals surface area contributed by atoms with Crippen molar-refractivity contribution in [3.8, 4) is 5.75 Å². The Labute approximate surface area is 131 Å². The van der Waals surface area contributed by atoms with Gasteiger partial charge in [-0.15, -0.1) is 0 Å². The van der Waals surface area contributed by atoms with E-state index < -0.39 is 17.1 Å². The van der Waals surface area contributed by atoms with E-state index in [0.717, 1.165) is 6.54 Å². The van der Waals surface area contributed by atoms with E-state index in [1.54, 1.807) is 0 Å². The molecule has 0 bridgehead atoms. The maximum absolute atomic E-state index is 12.7. The largest absolute Gasteiger partial charge is 0.497 e. The molecule has 2 rings (SSSR count). The van der Waals surface area contributed by atoms with Gasteiger partial charge in [0.25, 0.3) is 0 Å². The minimum absolute atomic E-state index is 0.0377. The van der Waals surface area contributed by atoms with Gasteiger partial charge in [0.2, 0.25) is 10.0 Å². The van der Waals surface area contributed by atoms with E-state index in [-0.39, 0.29) is 16.1 Å². The second kappa shape index (κ2) is 6.97. The molecule has 0 saturated carbocycles. The highest BCUT2D eigenvalue weighted by atomic mass is 32.2. The molecule has 1 aromatic rings. The number of hydrogen-bond donors (Lipinski definition) is 2. The smallest absolute Gasteiger partial charge is 0.492 e. The highest BCUT2D eigenvalue weighted by molar-refractivity contribution is 7.89. The summed E-state index contributed by atoms with van der Waals surface area (Å²) in [6.07, 6.45) is 0. The Morgan fingerprint density at radius 3 is 2.36 bits per heavy atom. The molecule has 0 amide bonds. The fraction of sp³-hybridized carbons (Fsp3) is 0.538. The van der Waals surface area contributed by atoms with Gasteiger partial charge >= 0.3 is 7.12 Å². The van der Waals surface area contributed by atoms with Gasteiger partial charge in [-0.25, -0.2) is 8.42 Å². The lowest BCUT2D eigenvalue weighted by Crippen LogP contribution is -2.48. The molecule has 0 spiro atoms. The van der Waals surface area contributed by atoms with Crippen LogP contribution in [0.2, 0.25) is 0 Å². The van der Waals surface area contributed by atoms with E-state index in [1.165, 1.54) is 29.6 Å². The summed E-state index contributed by atoms with van der Waals surface area (Å²) in [5.41, 5.74) is 0.0377. The number of piperazine rings is 1. The Bertz CT molecular complexity index is 615. The van der Waals surface area contributed by atoms with Gasteiger partial charge in [0, 0.05) is 31.6 Å². The summed E-state index contributed by atoms with van der Waals surface area (Å²) in [5.74, 6) is 0.241. The minimum Gasteiger partial charge on any atom is -0.497 e. The highest BCUT2D eigenvalue weighted by Gasteiger charge is 2.29. The average molecular weight is 328 g/mol. The fourth-order valence-electron chi connectivity index (χ4n) is 2.51. The number of rotatable bonds is 5. The first-order valence-corrected chi connectivity index (χ1v) is 8.60. The summed E-state index contributed by atoms with van der Waals surface area (Å²) in [5, 5.41) is 18.7. The lowest BCUT2D eigenvalue weighted by Gasteiger charge is -2.33. The van der Waals surface area contributed by atoms with Crippen molar-refractivity contribution >= 4 is 22.6 Å². The number of likely N-dealkylation sites (N-methyl/N-ethyl adjacent to an activating group) is 1. The van der Waals surface area contributed by atoms with Crippen molar-refractivity contribution in [3.63, 3.8) is 0 Å². The number of ether oxygens (including phenoxy) is 1. The SMILES string of the molecule is CCN1CCN(S(=O)(=O)c2ccc(OC)c(B(O)O)c2)CC1. The van der Waals surface area contributed by atoms with Crippen molar-refractivity contribution in [2.45, 2.75) is 11.8 Å². The molecule has 1 heterocycles. The summed E-state index contributed by atoms with van der Waals surface area (Å²) in [6, 6.07) is 4.11. The van der Waals surface area contributed by atoms with E-state index in [2.05, 4.69) is 4.90 Å². The third-order valence-electron chi connectivity index (χ3n) is 3.90. The lowest BCUT2D eigenvalue weighted by molar-refractivity contribution is 0.196. The molecule has 122 valence electrons. The molecule has 0 atom stereocenters. The molecule has 0 aromatic heterocycles. The zero-order chi connectivity index (χ0) is 16.3. The Morgan fingerprint density at radius 2 is 1.86 bits per heavy atom. The van der Waals surface area contributed by atoms with Crippen molar-refractivity contribution in [1.82, 2.24) is 9.21 Å². The molecule has 1 aliphatic rings. The Balaban J connectivity index is 2.28. The van der Waals surface area contributed by atoms with Crippen LogP contribution in [0.25, 0.3) is 0 Å². The molecule has 2 N–H and O–H groups in total. The molecule has 1 aromatic carbocycles. The molecule has 0 radical (unpaired) electrons. The van der Waals surface area contributed by atoms with Gasteiger partial charge in [-0.05, 0) is 24.7 Å². The summed E-state index contributed by atoms with van der Waals surface area (Å²) in [4.78, 5) is 2.23. The number of sulfonamides is 1. The first kappa shape index (κ1) is 17.2. The van der Waals surface area contributed by atoms with Gasteiger partial charge < -0.3 is 19.7 Å². The number of nitrogens with zero attached hydrogens (tertiary/aromatic N) is 2. The monoisotopic (exact) mass is 328 g/mol. The second-order valence-electron chi connectivity index (χ2n) is 5.12. The standard InChI is InChI=1S/C13H21BN2O5S/c1-3-15-6-8-16(9-7-15)22(19,20)11-4-5-13(21-2)12(10-11)14(17)18/h4-5,10,17-18H,3,6-9H2,1-2H3. The molecule has 1 saturated heterocycles. The third kappa shape index (κ3) is 3.44. The lowest BCUT2D eigenvalue weighted by atomic mass is 9.79. The Hall–Kier alpha value is -1.13. The Morgan fingerprint density at radius 1 is 1.23 bits per heavy atom. The number of benzene rings is 1. The fourth-order valence-corrected chi connectivity index (χ4v) is 3.97.